The summed E-state index contributed by atoms with van der Waals surface area (Å²) in [4.78, 5) is 11.9. The maximum atomic E-state index is 11.9. The van der Waals surface area contributed by atoms with Crippen LogP contribution < -0.4 is 5.73 Å². The van der Waals surface area contributed by atoms with Crippen molar-refractivity contribution in [3.8, 4) is 0 Å². The topological polar surface area (TPSA) is 52.3 Å². The number of carbonyl (C=O) groups is 1. The molecule has 0 saturated heterocycles. The summed E-state index contributed by atoms with van der Waals surface area (Å²) in [5.74, 6) is -0.366. The fraction of sp³-hybridized carbons (Fsp3) is 0.462. The summed E-state index contributed by atoms with van der Waals surface area (Å²) in [6.07, 6.45) is 1.55. The first-order chi connectivity index (χ1) is 8.19. The molecule has 4 heteroatoms. The van der Waals surface area contributed by atoms with Crippen LogP contribution in [0.3, 0.4) is 0 Å². The van der Waals surface area contributed by atoms with E-state index in [2.05, 4.69) is 15.9 Å². The van der Waals surface area contributed by atoms with Gasteiger partial charge in [0.05, 0.1) is 12.5 Å². The minimum atomic E-state index is -0.202. The fourth-order valence-corrected chi connectivity index (χ4v) is 1.94. The van der Waals surface area contributed by atoms with E-state index in [1.807, 2.05) is 31.2 Å². The van der Waals surface area contributed by atoms with E-state index in [4.69, 9.17) is 10.5 Å². The van der Waals surface area contributed by atoms with Crippen molar-refractivity contribution in [1.82, 2.24) is 0 Å². The van der Waals surface area contributed by atoms with Gasteiger partial charge in [-0.2, -0.15) is 0 Å². The third-order valence-electron chi connectivity index (χ3n) is 2.54. The van der Waals surface area contributed by atoms with Crippen molar-refractivity contribution in [2.75, 3.05) is 13.2 Å². The Bertz CT molecular complexity index is 351. The predicted molar refractivity (Wildman–Crippen MR) is 71.8 cm³/mol. The number of rotatable bonds is 6. The van der Waals surface area contributed by atoms with E-state index in [0.29, 0.717) is 13.2 Å². The Hall–Kier alpha value is -0.870. The molecule has 3 nitrogen and oxygen atoms in total. The predicted octanol–water partition coefficient (Wildman–Crippen LogP) is 2.83. The molecule has 0 bridgehead atoms. The number of nitrogens with two attached hydrogens (primary N) is 1. The van der Waals surface area contributed by atoms with Crippen molar-refractivity contribution < 1.29 is 9.53 Å². The van der Waals surface area contributed by atoms with Crippen LogP contribution in [-0.4, -0.2) is 19.1 Å². The second kappa shape index (κ2) is 7.45. The quantitative estimate of drug-likeness (QED) is 0.822. The van der Waals surface area contributed by atoms with Crippen molar-refractivity contribution in [3.05, 3.63) is 34.3 Å². The van der Waals surface area contributed by atoms with E-state index in [-0.39, 0.29) is 11.9 Å². The molecule has 0 aliphatic rings. The van der Waals surface area contributed by atoms with E-state index >= 15 is 0 Å². The van der Waals surface area contributed by atoms with Crippen molar-refractivity contribution in [2.24, 2.45) is 5.73 Å². The van der Waals surface area contributed by atoms with Gasteiger partial charge in [-0.3, -0.25) is 4.79 Å². The van der Waals surface area contributed by atoms with Gasteiger partial charge >= 0.3 is 5.97 Å². The summed E-state index contributed by atoms with van der Waals surface area (Å²) < 4.78 is 6.10. The van der Waals surface area contributed by atoms with Gasteiger partial charge in [0.1, 0.15) is 0 Å². The molecule has 0 aliphatic heterocycles. The Morgan fingerprint density at radius 1 is 1.41 bits per heavy atom. The van der Waals surface area contributed by atoms with E-state index in [1.54, 1.807) is 0 Å². The zero-order valence-electron chi connectivity index (χ0n) is 9.99. The maximum absolute atomic E-state index is 11.9. The highest BCUT2D eigenvalue weighted by atomic mass is 79.9. The molecule has 2 N–H and O–H groups in total. The molecule has 0 radical (unpaired) electrons. The highest BCUT2D eigenvalue weighted by Crippen LogP contribution is 2.24. The molecular weight excluding hydrogens is 282 g/mol. The second-order valence-electron chi connectivity index (χ2n) is 3.79. The van der Waals surface area contributed by atoms with Gasteiger partial charge < -0.3 is 10.5 Å². The maximum Gasteiger partial charge on any atom is 0.313 e. The van der Waals surface area contributed by atoms with E-state index in [9.17, 15) is 4.79 Å². The number of benzene rings is 1. The van der Waals surface area contributed by atoms with Crippen molar-refractivity contribution in [2.45, 2.75) is 25.7 Å². The fourth-order valence-electron chi connectivity index (χ4n) is 1.68. The lowest BCUT2D eigenvalue weighted by atomic mass is 9.94. The SMILES string of the molecule is CCOC(=O)C(CCCN)c1ccc(Br)cc1. The number of carbonyl (C=O) groups excluding carboxylic acids is 1. The van der Waals surface area contributed by atoms with Crippen molar-refractivity contribution in [1.29, 1.82) is 0 Å². The molecule has 0 aliphatic carbocycles. The van der Waals surface area contributed by atoms with Crippen molar-refractivity contribution >= 4 is 21.9 Å². The van der Waals surface area contributed by atoms with Gasteiger partial charge in [0.2, 0.25) is 0 Å². The summed E-state index contributed by atoms with van der Waals surface area (Å²) in [6.45, 7) is 2.82. The van der Waals surface area contributed by atoms with Crippen LogP contribution in [0.4, 0.5) is 0 Å². The Morgan fingerprint density at radius 3 is 2.59 bits per heavy atom. The van der Waals surface area contributed by atoms with E-state index in [1.165, 1.54) is 0 Å². The summed E-state index contributed by atoms with van der Waals surface area (Å²) >= 11 is 3.38. The average molecular weight is 300 g/mol. The molecule has 1 rings (SSSR count). The number of hydrogen-bond donors (Lipinski definition) is 1. The summed E-state index contributed by atoms with van der Waals surface area (Å²) in [5.41, 5.74) is 6.48. The molecule has 0 heterocycles. The van der Waals surface area contributed by atoms with Gasteiger partial charge in [-0.05, 0) is 44.0 Å². The molecule has 1 aromatic carbocycles. The Labute approximate surface area is 110 Å². The Morgan fingerprint density at radius 2 is 2.06 bits per heavy atom. The second-order valence-corrected chi connectivity index (χ2v) is 4.70. The number of esters is 1. The van der Waals surface area contributed by atoms with Gasteiger partial charge in [0, 0.05) is 4.47 Å². The Balaban J connectivity index is 2.81. The first-order valence-electron chi connectivity index (χ1n) is 5.81. The first kappa shape index (κ1) is 14.2. The number of ether oxygens (including phenoxy) is 1. The molecule has 1 unspecified atom stereocenters. The molecular formula is C13H18BrNO2. The van der Waals surface area contributed by atoms with Gasteiger partial charge in [0.25, 0.3) is 0 Å². The summed E-state index contributed by atoms with van der Waals surface area (Å²) in [5, 5.41) is 0. The molecule has 94 valence electrons. The van der Waals surface area contributed by atoms with Gasteiger partial charge in [-0.1, -0.05) is 28.1 Å². The third kappa shape index (κ3) is 4.48. The van der Waals surface area contributed by atoms with Crippen LogP contribution in [0.2, 0.25) is 0 Å². The molecule has 1 aromatic rings. The largest absolute Gasteiger partial charge is 0.466 e. The Kier molecular flexibility index (Phi) is 6.22. The van der Waals surface area contributed by atoms with E-state index in [0.717, 1.165) is 22.9 Å². The minimum Gasteiger partial charge on any atom is -0.466 e. The molecule has 0 fully saturated rings. The lowest BCUT2D eigenvalue weighted by molar-refractivity contribution is -0.145. The highest BCUT2D eigenvalue weighted by molar-refractivity contribution is 9.10. The number of halogens is 1. The molecule has 0 amide bonds. The third-order valence-corrected chi connectivity index (χ3v) is 3.07. The van der Waals surface area contributed by atoms with E-state index < -0.39 is 0 Å². The van der Waals surface area contributed by atoms with Crippen LogP contribution in [0.15, 0.2) is 28.7 Å². The van der Waals surface area contributed by atoms with Crippen LogP contribution in [0.1, 0.15) is 31.2 Å². The lowest BCUT2D eigenvalue weighted by Gasteiger charge is -2.15. The van der Waals surface area contributed by atoms with Crippen LogP contribution in [0.5, 0.6) is 0 Å². The van der Waals surface area contributed by atoms with Crippen LogP contribution in [0, 0.1) is 0 Å². The zero-order valence-corrected chi connectivity index (χ0v) is 11.6. The van der Waals surface area contributed by atoms with Crippen molar-refractivity contribution in [3.63, 3.8) is 0 Å². The molecule has 17 heavy (non-hydrogen) atoms. The standard InChI is InChI=1S/C13H18BrNO2/c1-2-17-13(16)12(4-3-9-15)10-5-7-11(14)8-6-10/h5-8,12H,2-4,9,15H2,1H3. The monoisotopic (exact) mass is 299 g/mol. The van der Waals surface area contributed by atoms with Crippen LogP contribution >= 0.6 is 15.9 Å². The zero-order chi connectivity index (χ0) is 12.7. The van der Waals surface area contributed by atoms with Crippen LogP contribution in [0.25, 0.3) is 0 Å². The molecule has 0 saturated carbocycles. The first-order valence-corrected chi connectivity index (χ1v) is 6.60. The van der Waals surface area contributed by atoms with Crippen LogP contribution in [-0.2, 0) is 9.53 Å². The minimum absolute atomic E-state index is 0.164. The van der Waals surface area contributed by atoms with Gasteiger partial charge in [-0.25, -0.2) is 0 Å². The summed E-state index contributed by atoms with van der Waals surface area (Å²) in [7, 11) is 0. The molecule has 0 spiro atoms. The molecule has 0 aromatic heterocycles. The normalized spacial score (nSPS) is 12.2. The number of hydrogen-bond acceptors (Lipinski definition) is 3. The average Bonchev–Trinajstić information content (AvgIpc) is 2.32. The van der Waals surface area contributed by atoms with Gasteiger partial charge in [0.15, 0.2) is 0 Å². The lowest BCUT2D eigenvalue weighted by Crippen LogP contribution is -2.17. The molecule has 1 atom stereocenters. The summed E-state index contributed by atoms with van der Waals surface area (Å²) in [6, 6.07) is 7.76. The highest BCUT2D eigenvalue weighted by Gasteiger charge is 2.21. The van der Waals surface area contributed by atoms with Gasteiger partial charge in [-0.15, -0.1) is 0 Å². The smallest absolute Gasteiger partial charge is 0.313 e.